The molecule has 2 aliphatic heterocycles. The molecule has 2 heterocycles. The molecule has 182 valence electrons. The van der Waals surface area contributed by atoms with Gasteiger partial charge in [0.15, 0.2) is 0 Å². The third kappa shape index (κ3) is 5.42. The molecular formula is C25H26N4O5S. The lowest BCUT2D eigenvalue weighted by molar-refractivity contribution is -0.131. The number of amides is 3. The van der Waals surface area contributed by atoms with E-state index < -0.39 is 23.6 Å². The van der Waals surface area contributed by atoms with Crippen molar-refractivity contribution in [3.8, 4) is 17.2 Å². The zero-order valence-electron chi connectivity index (χ0n) is 19.2. The molecule has 4 rings (SSSR count). The van der Waals surface area contributed by atoms with Crippen LogP contribution in [0.1, 0.15) is 18.4 Å². The van der Waals surface area contributed by atoms with Crippen LogP contribution in [0.5, 0.6) is 0 Å². The summed E-state index contributed by atoms with van der Waals surface area (Å²) in [5.41, 5.74) is 2.49. The molecule has 1 atom stereocenters. The van der Waals surface area contributed by atoms with Gasteiger partial charge in [-0.1, -0.05) is 30.3 Å². The summed E-state index contributed by atoms with van der Waals surface area (Å²) in [6.45, 7) is 0.528. The van der Waals surface area contributed by atoms with Gasteiger partial charge in [0.1, 0.15) is 11.6 Å². The highest BCUT2D eigenvalue weighted by Gasteiger charge is 2.42. The first-order valence-corrected chi connectivity index (χ1v) is 12.2. The van der Waals surface area contributed by atoms with Crippen LogP contribution in [0, 0.1) is 11.3 Å². The van der Waals surface area contributed by atoms with Gasteiger partial charge in [-0.3, -0.25) is 9.59 Å². The van der Waals surface area contributed by atoms with Crippen molar-refractivity contribution in [1.29, 1.82) is 5.26 Å². The zero-order chi connectivity index (χ0) is 25.0. The molecule has 1 saturated heterocycles. The van der Waals surface area contributed by atoms with Gasteiger partial charge in [0.05, 0.1) is 17.5 Å². The van der Waals surface area contributed by atoms with E-state index in [1.165, 1.54) is 11.8 Å². The van der Waals surface area contributed by atoms with Gasteiger partial charge in [-0.25, -0.2) is 4.79 Å². The lowest BCUT2D eigenvalue weighted by Gasteiger charge is -2.36. The van der Waals surface area contributed by atoms with Gasteiger partial charge in [-0.05, 0) is 28.8 Å². The van der Waals surface area contributed by atoms with Crippen LogP contribution in [0.15, 0.2) is 47.4 Å². The van der Waals surface area contributed by atoms with E-state index in [4.69, 9.17) is 4.74 Å². The Morgan fingerprint density at radius 3 is 2.54 bits per heavy atom. The first kappa shape index (κ1) is 24.6. The highest BCUT2D eigenvalue weighted by Crippen LogP contribution is 2.37. The minimum Gasteiger partial charge on any atom is -0.465 e. The van der Waals surface area contributed by atoms with Gasteiger partial charge in [0, 0.05) is 44.4 Å². The van der Waals surface area contributed by atoms with Crippen LogP contribution in [-0.4, -0.2) is 60.6 Å². The third-order valence-corrected chi connectivity index (χ3v) is 7.39. The fourth-order valence-electron chi connectivity index (χ4n) is 4.28. The maximum Gasteiger partial charge on any atom is 0.405 e. The molecule has 0 radical (unpaired) electrons. The summed E-state index contributed by atoms with van der Waals surface area (Å²) in [6, 6.07) is 15.0. The number of fused-ring (bicyclic) bond motifs is 1. The number of nitrogens with one attached hydrogen (secondary N) is 2. The number of thioether (sulfide) groups is 1. The predicted octanol–water partition coefficient (Wildman–Crippen LogP) is 2.79. The molecule has 1 unspecified atom stereocenters. The highest BCUT2D eigenvalue weighted by atomic mass is 32.2. The maximum absolute atomic E-state index is 12.9. The highest BCUT2D eigenvalue weighted by molar-refractivity contribution is 8.00. The van der Waals surface area contributed by atoms with Gasteiger partial charge < -0.3 is 25.4 Å². The summed E-state index contributed by atoms with van der Waals surface area (Å²) in [6.07, 6.45) is -0.582. The summed E-state index contributed by atoms with van der Waals surface area (Å²) >= 11 is 1.53. The van der Waals surface area contributed by atoms with Crippen LogP contribution in [-0.2, 0) is 20.7 Å². The van der Waals surface area contributed by atoms with Crippen molar-refractivity contribution in [3.05, 3.63) is 48.0 Å². The Morgan fingerprint density at radius 1 is 1.20 bits per heavy atom. The molecule has 2 aromatic carbocycles. The summed E-state index contributed by atoms with van der Waals surface area (Å²) in [5, 5.41) is 23.9. The van der Waals surface area contributed by atoms with E-state index >= 15 is 0 Å². The summed E-state index contributed by atoms with van der Waals surface area (Å²) in [5.74, 6) is -0.00898. The summed E-state index contributed by atoms with van der Waals surface area (Å²) in [4.78, 5) is 38.8. The van der Waals surface area contributed by atoms with Crippen LogP contribution >= 0.6 is 11.8 Å². The monoisotopic (exact) mass is 494 g/mol. The van der Waals surface area contributed by atoms with Crippen LogP contribution in [0.2, 0.25) is 0 Å². The quantitative estimate of drug-likeness (QED) is 0.563. The average molecular weight is 495 g/mol. The van der Waals surface area contributed by atoms with E-state index in [1.54, 1.807) is 11.9 Å². The Bertz CT molecular complexity index is 1170. The van der Waals surface area contributed by atoms with Crippen molar-refractivity contribution in [2.24, 2.45) is 0 Å². The van der Waals surface area contributed by atoms with Gasteiger partial charge in [0.2, 0.25) is 11.8 Å². The van der Waals surface area contributed by atoms with Gasteiger partial charge >= 0.3 is 6.09 Å². The fourth-order valence-corrected chi connectivity index (χ4v) is 5.32. The van der Waals surface area contributed by atoms with Crippen molar-refractivity contribution in [2.45, 2.75) is 35.7 Å². The Hall–Kier alpha value is -3.55. The van der Waals surface area contributed by atoms with Gasteiger partial charge in [-0.2, -0.15) is 5.26 Å². The molecular weight excluding hydrogens is 468 g/mol. The second kappa shape index (κ2) is 10.4. The zero-order valence-corrected chi connectivity index (χ0v) is 20.1. The first-order valence-electron chi connectivity index (χ1n) is 11.2. The Kier molecular flexibility index (Phi) is 7.28. The molecule has 2 aliphatic rings. The molecule has 9 nitrogen and oxygen atoms in total. The van der Waals surface area contributed by atoms with Crippen molar-refractivity contribution in [3.63, 3.8) is 0 Å². The minimum atomic E-state index is -1.30. The number of ether oxygens (including phenoxy) is 1. The topological polar surface area (TPSA) is 132 Å². The normalized spacial score (nSPS) is 17.6. The summed E-state index contributed by atoms with van der Waals surface area (Å²) < 4.78 is 5.28. The number of benzene rings is 2. The lowest BCUT2D eigenvalue weighted by atomic mass is 9.88. The van der Waals surface area contributed by atoms with E-state index in [0.717, 1.165) is 27.3 Å². The minimum absolute atomic E-state index is 0.0835. The number of nitriles is 1. The predicted molar refractivity (Wildman–Crippen MR) is 131 cm³/mol. The molecule has 35 heavy (non-hydrogen) atoms. The first-order chi connectivity index (χ1) is 16.8. The largest absolute Gasteiger partial charge is 0.465 e. The van der Waals surface area contributed by atoms with Crippen LogP contribution in [0.3, 0.4) is 0 Å². The second-order valence-electron chi connectivity index (χ2n) is 8.60. The average Bonchev–Trinajstić information content (AvgIpc) is 2.86. The number of carboxylic acid groups (broad SMARTS) is 1. The Morgan fingerprint density at radius 2 is 1.89 bits per heavy atom. The molecule has 3 amide bonds. The molecule has 0 aromatic heterocycles. The van der Waals surface area contributed by atoms with Crippen LogP contribution in [0.25, 0.3) is 11.1 Å². The van der Waals surface area contributed by atoms with Crippen LogP contribution in [0.4, 0.5) is 10.5 Å². The number of carbonyl (C=O) groups is 3. The second-order valence-corrected chi connectivity index (χ2v) is 9.62. The van der Waals surface area contributed by atoms with Crippen molar-refractivity contribution >= 4 is 35.4 Å². The molecule has 0 saturated carbocycles. The maximum atomic E-state index is 12.9. The number of anilines is 1. The molecule has 10 heteroatoms. The molecule has 0 bridgehead atoms. The van der Waals surface area contributed by atoms with Gasteiger partial charge in [-0.15, -0.1) is 11.8 Å². The smallest absolute Gasteiger partial charge is 0.405 e. The third-order valence-electron chi connectivity index (χ3n) is 6.36. The molecule has 2 aromatic rings. The van der Waals surface area contributed by atoms with E-state index in [2.05, 4.69) is 22.8 Å². The SMILES string of the molecule is CN1C(=O)CSc2cc(-c3ccc(CC(C#N)NC(=O)C4(NC(=O)O)CCOCC4)cc3)ccc21. The number of carbonyl (C=O) groups excluding carboxylic acids is 2. The van der Waals surface area contributed by atoms with E-state index in [-0.39, 0.29) is 38.4 Å². The Balaban J connectivity index is 1.44. The van der Waals surface area contributed by atoms with Crippen molar-refractivity contribution < 1.29 is 24.2 Å². The molecule has 3 N–H and O–H groups in total. The van der Waals surface area contributed by atoms with E-state index in [1.807, 2.05) is 36.4 Å². The number of nitrogens with zero attached hydrogens (tertiary/aromatic N) is 2. The lowest BCUT2D eigenvalue weighted by Crippen LogP contribution is -2.62. The number of hydrogen-bond acceptors (Lipinski definition) is 6. The Labute approximate surface area is 207 Å². The van der Waals surface area contributed by atoms with Gasteiger partial charge in [0.25, 0.3) is 0 Å². The molecule has 0 aliphatic carbocycles. The fraction of sp³-hybridized carbons (Fsp3) is 0.360. The number of hydrogen-bond donors (Lipinski definition) is 3. The summed E-state index contributed by atoms with van der Waals surface area (Å²) in [7, 11) is 1.78. The standard InChI is InChI=1S/C25H26N4O5S/c1-29-20-7-6-18(13-21(20)35-15-22(29)30)17-4-2-16(3-5-17)12-19(14-26)27-23(31)25(28-24(32)33)8-10-34-11-9-25/h2-7,13,19,28H,8-12,15H2,1H3,(H,27,31)(H,32,33). The van der Waals surface area contributed by atoms with Crippen LogP contribution < -0.4 is 15.5 Å². The molecule has 0 spiro atoms. The van der Waals surface area contributed by atoms with E-state index in [0.29, 0.717) is 5.75 Å². The van der Waals surface area contributed by atoms with Crippen molar-refractivity contribution in [2.75, 3.05) is 30.9 Å². The van der Waals surface area contributed by atoms with E-state index in [9.17, 15) is 24.8 Å². The number of rotatable bonds is 6. The molecule has 1 fully saturated rings. The van der Waals surface area contributed by atoms with Crippen molar-refractivity contribution in [1.82, 2.24) is 10.6 Å².